The maximum atomic E-state index is 12.3. The number of amides is 1. The van der Waals surface area contributed by atoms with Crippen molar-refractivity contribution in [2.75, 3.05) is 19.8 Å². The molecule has 0 aliphatic carbocycles. The quantitative estimate of drug-likeness (QED) is 0.844. The number of nitriles is 1. The fourth-order valence-electron chi connectivity index (χ4n) is 1.95. The summed E-state index contributed by atoms with van der Waals surface area (Å²) in [6, 6.07) is 1.60. The van der Waals surface area contributed by atoms with Crippen molar-refractivity contribution >= 4 is 17.2 Å². The Morgan fingerprint density at radius 2 is 2.53 bits per heavy atom. The largest absolute Gasteiger partial charge is 0.376 e. The number of ether oxygens (including phenoxy) is 1. The second kappa shape index (κ2) is 6.13. The van der Waals surface area contributed by atoms with E-state index in [1.54, 1.807) is 10.3 Å². The van der Waals surface area contributed by atoms with E-state index in [0.717, 1.165) is 11.4 Å². The molecule has 1 aromatic rings. The second-order valence-electron chi connectivity index (χ2n) is 4.94. The summed E-state index contributed by atoms with van der Waals surface area (Å²) in [5, 5.41) is 11.8. The van der Waals surface area contributed by atoms with Crippen LogP contribution < -0.4 is 0 Å². The highest BCUT2D eigenvalue weighted by molar-refractivity contribution is 7.09. The maximum Gasteiger partial charge on any atom is 0.274 e. The number of thiazole rings is 1. The molecule has 0 saturated carbocycles. The molecule has 0 N–H and O–H groups in total. The van der Waals surface area contributed by atoms with Crippen LogP contribution in [0.15, 0.2) is 5.38 Å². The van der Waals surface area contributed by atoms with Crippen molar-refractivity contribution < 1.29 is 9.53 Å². The fourth-order valence-corrected chi connectivity index (χ4v) is 2.93. The average Bonchev–Trinajstić information content (AvgIpc) is 2.85. The molecule has 6 heteroatoms. The van der Waals surface area contributed by atoms with Gasteiger partial charge in [-0.15, -0.1) is 11.3 Å². The molecule has 1 aliphatic heterocycles. The molecule has 1 fully saturated rings. The van der Waals surface area contributed by atoms with E-state index in [0.29, 0.717) is 24.8 Å². The summed E-state index contributed by atoms with van der Waals surface area (Å²) in [7, 11) is 0. The molecular weight excluding hydrogens is 262 g/mol. The minimum absolute atomic E-state index is 0.166. The molecule has 2 heterocycles. The summed E-state index contributed by atoms with van der Waals surface area (Å²) < 4.78 is 5.21. The number of carbonyl (C=O) groups is 1. The predicted octanol–water partition coefficient (Wildman–Crippen LogP) is 1.71. The molecule has 1 amide bonds. The summed E-state index contributed by atoms with van der Waals surface area (Å²) >= 11 is 1.51. The first kappa shape index (κ1) is 14.0. The van der Waals surface area contributed by atoms with Gasteiger partial charge in [0.15, 0.2) is 0 Å². The lowest BCUT2D eigenvalue weighted by Crippen LogP contribution is -2.48. The molecule has 1 aromatic heterocycles. The van der Waals surface area contributed by atoms with Gasteiger partial charge in [0.1, 0.15) is 11.7 Å². The van der Waals surface area contributed by atoms with Crippen LogP contribution >= 0.6 is 11.3 Å². The van der Waals surface area contributed by atoms with Crippen LogP contribution in [0.5, 0.6) is 0 Å². The van der Waals surface area contributed by atoms with Crippen LogP contribution in [-0.2, 0) is 11.2 Å². The number of hydrogen-bond acceptors (Lipinski definition) is 5. The average molecular weight is 279 g/mol. The Bertz CT molecular complexity index is 492. The van der Waals surface area contributed by atoms with Gasteiger partial charge in [-0.2, -0.15) is 5.26 Å². The van der Waals surface area contributed by atoms with Crippen molar-refractivity contribution in [3.8, 4) is 6.07 Å². The summed E-state index contributed by atoms with van der Waals surface area (Å²) in [4.78, 5) is 18.3. The van der Waals surface area contributed by atoms with E-state index in [9.17, 15) is 4.79 Å². The Morgan fingerprint density at radius 1 is 1.74 bits per heavy atom. The number of rotatable bonds is 3. The van der Waals surface area contributed by atoms with Crippen LogP contribution in [0, 0.1) is 17.2 Å². The SMILES string of the molecule is CC(C)Cc1nc(C(=O)N2CCOCC2C#N)cs1. The summed E-state index contributed by atoms with van der Waals surface area (Å²) in [5.41, 5.74) is 0.447. The van der Waals surface area contributed by atoms with Crippen molar-refractivity contribution in [2.45, 2.75) is 26.3 Å². The van der Waals surface area contributed by atoms with Gasteiger partial charge in [-0.1, -0.05) is 13.8 Å². The Morgan fingerprint density at radius 3 is 3.21 bits per heavy atom. The van der Waals surface area contributed by atoms with Gasteiger partial charge in [0.2, 0.25) is 0 Å². The third-order valence-electron chi connectivity index (χ3n) is 2.89. The van der Waals surface area contributed by atoms with Crippen molar-refractivity contribution in [1.82, 2.24) is 9.88 Å². The topological polar surface area (TPSA) is 66.2 Å². The van der Waals surface area contributed by atoms with E-state index >= 15 is 0 Å². The Balaban J connectivity index is 2.10. The van der Waals surface area contributed by atoms with Gasteiger partial charge < -0.3 is 9.64 Å². The summed E-state index contributed by atoms with van der Waals surface area (Å²) in [6.07, 6.45) is 0.878. The zero-order chi connectivity index (χ0) is 13.8. The van der Waals surface area contributed by atoms with E-state index in [-0.39, 0.29) is 12.5 Å². The van der Waals surface area contributed by atoms with Crippen LogP contribution in [0.3, 0.4) is 0 Å². The number of nitrogens with zero attached hydrogens (tertiary/aromatic N) is 3. The maximum absolute atomic E-state index is 12.3. The number of carbonyl (C=O) groups excluding carboxylic acids is 1. The molecule has 102 valence electrons. The molecule has 5 nitrogen and oxygen atoms in total. The lowest BCUT2D eigenvalue weighted by molar-refractivity contribution is 0.0129. The molecule has 0 bridgehead atoms. The van der Waals surface area contributed by atoms with Gasteiger partial charge in [0, 0.05) is 18.3 Å². The normalized spacial score (nSPS) is 19.5. The summed E-state index contributed by atoms with van der Waals surface area (Å²) in [5.74, 6) is 0.352. The Hall–Kier alpha value is -1.45. The Kier molecular flexibility index (Phi) is 4.51. The predicted molar refractivity (Wildman–Crippen MR) is 71.9 cm³/mol. The lowest BCUT2D eigenvalue weighted by atomic mass is 10.1. The lowest BCUT2D eigenvalue weighted by Gasteiger charge is -2.30. The van der Waals surface area contributed by atoms with Crippen LogP contribution in [0.1, 0.15) is 29.3 Å². The van der Waals surface area contributed by atoms with E-state index in [2.05, 4.69) is 24.9 Å². The molecule has 0 radical (unpaired) electrons. The van der Waals surface area contributed by atoms with Crippen LogP contribution in [-0.4, -0.2) is 41.6 Å². The zero-order valence-corrected chi connectivity index (χ0v) is 11.9. The number of hydrogen-bond donors (Lipinski definition) is 0. The highest BCUT2D eigenvalue weighted by atomic mass is 32.1. The smallest absolute Gasteiger partial charge is 0.274 e. The molecule has 0 aromatic carbocycles. The summed E-state index contributed by atoms with van der Waals surface area (Å²) in [6.45, 7) is 5.46. The van der Waals surface area contributed by atoms with Gasteiger partial charge in [-0.3, -0.25) is 4.79 Å². The molecule has 1 unspecified atom stereocenters. The molecular formula is C13H17N3O2S. The minimum atomic E-state index is -0.503. The first-order valence-electron chi connectivity index (χ1n) is 6.34. The fraction of sp³-hybridized carbons (Fsp3) is 0.615. The third-order valence-corrected chi connectivity index (χ3v) is 3.76. The van der Waals surface area contributed by atoms with Crippen molar-refractivity contribution in [3.63, 3.8) is 0 Å². The molecule has 1 aliphatic rings. The molecule has 2 rings (SSSR count). The van der Waals surface area contributed by atoms with E-state index in [1.165, 1.54) is 11.3 Å². The molecule has 19 heavy (non-hydrogen) atoms. The highest BCUT2D eigenvalue weighted by Gasteiger charge is 2.29. The van der Waals surface area contributed by atoms with Gasteiger partial charge in [0.05, 0.1) is 24.3 Å². The molecule has 0 spiro atoms. The van der Waals surface area contributed by atoms with Crippen LogP contribution in [0.4, 0.5) is 0 Å². The second-order valence-corrected chi connectivity index (χ2v) is 5.89. The van der Waals surface area contributed by atoms with Gasteiger partial charge in [0.25, 0.3) is 5.91 Å². The first-order valence-corrected chi connectivity index (χ1v) is 7.22. The standard InChI is InChI=1S/C13H17N3O2S/c1-9(2)5-12-15-11(8-19-12)13(17)16-3-4-18-7-10(16)6-14/h8-10H,3-5,7H2,1-2H3. The van der Waals surface area contributed by atoms with Crippen LogP contribution in [0.2, 0.25) is 0 Å². The highest BCUT2D eigenvalue weighted by Crippen LogP contribution is 2.17. The van der Waals surface area contributed by atoms with Gasteiger partial charge in [-0.25, -0.2) is 4.98 Å². The van der Waals surface area contributed by atoms with Crippen molar-refractivity contribution in [1.29, 1.82) is 5.26 Å². The zero-order valence-electron chi connectivity index (χ0n) is 11.1. The third kappa shape index (κ3) is 3.31. The molecule has 1 saturated heterocycles. The van der Waals surface area contributed by atoms with E-state index in [4.69, 9.17) is 10.00 Å². The van der Waals surface area contributed by atoms with Crippen LogP contribution in [0.25, 0.3) is 0 Å². The number of aromatic nitrogens is 1. The van der Waals surface area contributed by atoms with Gasteiger partial charge in [-0.05, 0) is 5.92 Å². The van der Waals surface area contributed by atoms with E-state index in [1.807, 2.05) is 0 Å². The van der Waals surface area contributed by atoms with Gasteiger partial charge >= 0.3 is 0 Å². The number of morpholine rings is 1. The monoisotopic (exact) mass is 279 g/mol. The van der Waals surface area contributed by atoms with Crippen molar-refractivity contribution in [3.05, 3.63) is 16.1 Å². The minimum Gasteiger partial charge on any atom is -0.376 e. The molecule has 1 atom stereocenters. The van der Waals surface area contributed by atoms with Crippen molar-refractivity contribution in [2.24, 2.45) is 5.92 Å². The Labute approximate surface area is 116 Å². The van der Waals surface area contributed by atoms with E-state index < -0.39 is 6.04 Å². The first-order chi connectivity index (χ1) is 9.11.